The third-order valence-corrected chi connectivity index (χ3v) is 4.81. The van der Waals surface area contributed by atoms with Crippen molar-refractivity contribution in [1.29, 1.82) is 0 Å². The minimum absolute atomic E-state index is 0.0890. The summed E-state index contributed by atoms with van der Waals surface area (Å²) in [4.78, 5) is 11.6. The van der Waals surface area contributed by atoms with E-state index < -0.39 is 22.0 Å². The normalized spacial score (nSPS) is 21.8. The Hall–Kier alpha value is -0.660. The van der Waals surface area contributed by atoms with Crippen molar-refractivity contribution in [3.8, 4) is 0 Å². The summed E-state index contributed by atoms with van der Waals surface area (Å²) in [6.07, 6.45) is 2.15. The molecule has 0 radical (unpaired) electrons. The monoisotopic (exact) mass is 279 g/mol. The highest BCUT2D eigenvalue weighted by Gasteiger charge is 2.36. The number of sulfonamides is 1. The summed E-state index contributed by atoms with van der Waals surface area (Å²) in [7, 11) is -2.17. The smallest absolute Gasteiger partial charge is 0.324 e. The van der Waals surface area contributed by atoms with Crippen molar-refractivity contribution in [1.82, 2.24) is 4.31 Å². The summed E-state index contributed by atoms with van der Waals surface area (Å²) in [5.74, 6) is -0.566. The zero-order chi connectivity index (χ0) is 13.6. The lowest BCUT2D eigenvalue weighted by Crippen LogP contribution is -2.49. The van der Waals surface area contributed by atoms with E-state index in [9.17, 15) is 13.2 Å². The van der Waals surface area contributed by atoms with Crippen LogP contribution in [-0.4, -0.2) is 57.4 Å². The van der Waals surface area contributed by atoms with Gasteiger partial charge in [0, 0.05) is 13.2 Å². The van der Waals surface area contributed by atoms with E-state index in [-0.39, 0.29) is 12.4 Å². The molecule has 0 saturated carbocycles. The minimum Gasteiger partial charge on any atom is -0.468 e. The van der Waals surface area contributed by atoms with Crippen LogP contribution >= 0.6 is 0 Å². The molecule has 0 aromatic heterocycles. The number of methoxy groups -OCH3 is 1. The second-order valence-corrected chi connectivity index (χ2v) is 6.20. The van der Waals surface area contributed by atoms with Crippen molar-refractivity contribution < 1.29 is 22.7 Å². The van der Waals surface area contributed by atoms with Gasteiger partial charge in [-0.05, 0) is 26.2 Å². The molecule has 1 unspecified atom stereocenters. The van der Waals surface area contributed by atoms with Gasteiger partial charge in [0.05, 0.1) is 19.5 Å². The Morgan fingerprint density at radius 2 is 2.11 bits per heavy atom. The summed E-state index contributed by atoms with van der Waals surface area (Å²) in [6.45, 7) is 2.83. The molecule has 0 amide bonds. The van der Waals surface area contributed by atoms with Gasteiger partial charge >= 0.3 is 5.97 Å². The van der Waals surface area contributed by atoms with Crippen LogP contribution in [0, 0.1) is 0 Å². The summed E-state index contributed by atoms with van der Waals surface area (Å²) >= 11 is 0. The summed E-state index contributed by atoms with van der Waals surface area (Å²) in [6, 6.07) is -0.671. The van der Waals surface area contributed by atoms with Gasteiger partial charge in [0.2, 0.25) is 10.0 Å². The van der Waals surface area contributed by atoms with Gasteiger partial charge in [-0.2, -0.15) is 4.31 Å². The molecule has 1 aliphatic heterocycles. The Balaban J connectivity index is 2.73. The van der Waals surface area contributed by atoms with Gasteiger partial charge in [0.1, 0.15) is 6.04 Å². The van der Waals surface area contributed by atoms with Gasteiger partial charge < -0.3 is 9.47 Å². The number of carbonyl (C=O) groups is 1. The summed E-state index contributed by atoms with van der Waals surface area (Å²) < 4.78 is 35.2. The fourth-order valence-electron chi connectivity index (χ4n) is 2.04. The van der Waals surface area contributed by atoms with Gasteiger partial charge in [0.25, 0.3) is 0 Å². The first-order valence-electron chi connectivity index (χ1n) is 6.18. The number of nitrogens with zero attached hydrogens (tertiary/aromatic N) is 1. The van der Waals surface area contributed by atoms with Crippen LogP contribution in [0.5, 0.6) is 0 Å². The van der Waals surface area contributed by atoms with Crippen LogP contribution in [0.2, 0.25) is 0 Å². The highest BCUT2D eigenvalue weighted by atomic mass is 32.2. The lowest BCUT2D eigenvalue weighted by molar-refractivity contribution is -0.146. The molecule has 0 N–H and O–H groups in total. The van der Waals surface area contributed by atoms with Crippen LogP contribution in [0.4, 0.5) is 0 Å². The van der Waals surface area contributed by atoms with E-state index in [1.807, 2.05) is 6.92 Å². The number of hydrogen-bond donors (Lipinski definition) is 0. The molecule has 0 aliphatic carbocycles. The molecule has 1 fully saturated rings. The zero-order valence-electron chi connectivity index (χ0n) is 10.9. The maximum atomic E-state index is 12.1. The maximum absolute atomic E-state index is 12.1. The van der Waals surface area contributed by atoms with Gasteiger partial charge in [0.15, 0.2) is 0 Å². The Bertz CT molecular complexity index is 368. The van der Waals surface area contributed by atoms with Crippen LogP contribution in [0.25, 0.3) is 0 Å². The molecule has 7 heteroatoms. The van der Waals surface area contributed by atoms with Crippen molar-refractivity contribution in [3.63, 3.8) is 0 Å². The highest BCUT2D eigenvalue weighted by molar-refractivity contribution is 7.89. The van der Waals surface area contributed by atoms with Gasteiger partial charge in [-0.25, -0.2) is 8.42 Å². The van der Waals surface area contributed by atoms with Crippen molar-refractivity contribution in [2.75, 3.05) is 32.6 Å². The first kappa shape index (κ1) is 15.4. The minimum atomic E-state index is -3.45. The SMILES string of the molecule is CCOCCS(=O)(=O)N1CCCCC1C(=O)OC. The van der Waals surface area contributed by atoms with Crippen LogP contribution in [0.1, 0.15) is 26.2 Å². The molecule has 0 aromatic rings. The van der Waals surface area contributed by atoms with Crippen molar-refractivity contribution in [3.05, 3.63) is 0 Å². The first-order valence-corrected chi connectivity index (χ1v) is 7.79. The third-order valence-electron chi connectivity index (χ3n) is 2.97. The lowest BCUT2D eigenvalue weighted by Gasteiger charge is -2.32. The van der Waals surface area contributed by atoms with Crippen LogP contribution in [0.3, 0.4) is 0 Å². The summed E-state index contributed by atoms with van der Waals surface area (Å²) in [5, 5.41) is 0. The lowest BCUT2D eigenvalue weighted by atomic mass is 10.1. The molecule has 1 atom stereocenters. The molecule has 106 valence electrons. The molecule has 18 heavy (non-hydrogen) atoms. The molecule has 0 aromatic carbocycles. The Kier molecular flexibility index (Phi) is 6.04. The van der Waals surface area contributed by atoms with Crippen molar-refractivity contribution in [2.45, 2.75) is 32.2 Å². The average Bonchev–Trinajstić information content (AvgIpc) is 2.38. The van der Waals surface area contributed by atoms with Crippen LogP contribution in [-0.2, 0) is 24.3 Å². The Labute approximate surface area is 108 Å². The number of ether oxygens (including phenoxy) is 2. The second kappa shape index (κ2) is 7.06. The van der Waals surface area contributed by atoms with Crippen molar-refractivity contribution in [2.24, 2.45) is 0 Å². The topological polar surface area (TPSA) is 72.9 Å². The van der Waals surface area contributed by atoms with Crippen LogP contribution < -0.4 is 0 Å². The average molecular weight is 279 g/mol. The second-order valence-electron chi connectivity index (χ2n) is 4.16. The van der Waals surface area contributed by atoms with E-state index in [0.29, 0.717) is 19.6 Å². The molecule has 6 nitrogen and oxygen atoms in total. The van der Waals surface area contributed by atoms with Crippen LogP contribution in [0.15, 0.2) is 0 Å². The largest absolute Gasteiger partial charge is 0.468 e. The van der Waals surface area contributed by atoms with Gasteiger partial charge in [-0.1, -0.05) is 0 Å². The molecule has 0 spiro atoms. The number of esters is 1. The summed E-state index contributed by atoms with van der Waals surface area (Å²) in [5.41, 5.74) is 0. The molecule has 1 saturated heterocycles. The highest BCUT2D eigenvalue weighted by Crippen LogP contribution is 2.21. The predicted octanol–water partition coefficient (Wildman–Crippen LogP) is 0.380. The van der Waals surface area contributed by atoms with Crippen molar-refractivity contribution >= 4 is 16.0 Å². The first-order chi connectivity index (χ1) is 8.53. The fraction of sp³-hybridized carbons (Fsp3) is 0.909. The van der Waals surface area contributed by atoms with E-state index >= 15 is 0 Å². The standard InChI is InChI=1S/C11H21NO5S/c1-3-17-8-9-18(14,15)12-7-5-4-6-10(12)11(13)16-2/h10H,3-9H2,1-2H3. The van der Waals surface area contributed by atoms with Gasteiger partial charge in [-0.3, -0.25) is 4.79 Å². The molecular weight excluding hydrogens is 258 g/mol. The molecular formula is C11H21NO5S. The number of carbonyl (C=O) groups excluding carboxylic acids is 1. The number of rotatable bonds is 6. The molecule has 1 heterocycles. The van der Waals surface area contributed by atoms with E-state index in [4.69, 9.17) is 4.74 Å². The Morgan fingerprint density at radius 1 is 1.39 bits per heavy atom. The molecule has 0 bridgehead atoms. The molecule has 1 rings (SSSR count). The molecule has 1 aliphatic rings. The van der Waals surface area contributed by atoms with E-state index in [0.717, 1.165) is 12.8 Å². The maximum Gasteiger partial charge on any atom is 0.324 e. The Morgan fingerprint density at radius 3 is 2.72 bits per heavy atom. The van der Waals surface area contributed by atoms with E-state index in [1.165, 1.54) is 11.4 Å². The quantitative estimate of drug-likeness (QED) is 0.519. The van der Waals surface area contributed by atoms with E-state index in [2.05, 4.69) is 4.74 Å². The van der Waals surface area contributed by atoms with Gasteiger partial charge in [-0.15, -0.1) is 0 Å². The number of piperidine rings is 1. The third kappa shape index (κ3) is 3.93. The zero-order valence-corrected chi connectivity index (χ0v) is 11.7. The predicted molar refractivity (Wildman–Crippen MR) is 66.6 cm³/mol. The fourth-order valence-corrected chi connectivity index (χ4v) is 3.58. The van der Waals surface area contributed by atoms with E-state index in [1.54, 1.807) is 0 Å². The number of hydrogen-bond acceptors (Lipinski definition) is 5.